The van der Waals surface area contributed by atoms with E-state index in [-0.39, 0.29) is 5.75 Å². The fraction of sp³-hybridized carbons (Fsp3) is 0. The second-order valence-electron chi connectivity index (χ2n) is 4.21. The number of nitrogen functional groups attached to an aromatic ring is 1. The number of aromatic hydroxyl groups is 1. The van der Waals surface area contributed by atoms with E-state index in [9.17, 15) is 5.11 Å². The molecule has 0 amide bonds. The highest BCUT2D eigenvalue weighted by molar-refractivity contribution is 9.10. The quantitative estimate of drug-likeness (QED) is 0.702. The van der Waals surface area contributed by atoms with Crippen molar-refractivity contribution in [3.63, 3.8) is 0 Å². The number of phenols is 1. The maximum Gasteiger partial charge on any atom is 0.259 e. The Morgan fingerprint density at radius 2 is 1.85 bits per heavy atom. The summed E-state index contributed by atoms with van der Waals surface area (Å²) in [6.07, 6.45) is 0. The number of rotatable bonds is 2. The van der Waals surface area contributed by atoms with E-state index in [4.69, 9.17) is 10.3 Å². The third-order valence-corrected chi connectivity index (χ3v) is 3.46. The van der Waals surface area contributed by atoms with Crippen LogP contribution in [0.1, 0.15) is 0 Å². The van der Waals surface area contributed by atoms with Crippen LogP contribution >= 0.6 is 15.9 Å². The van der Waals surface area contributed by atoms with Crippen LogP contribution in [0.15, 0.2) is 51.5 Å². The van der Waals surface area contributed by atoms with Gasteiger partial charge in [0.1, 0.15) is 5.75 Å². The van der Waals surface area contributed by atoms with Crippen molar-refractivity contribution in [3.8, 4) is 28.6 Å². The molecule has 6 heteroatoms. The number of benzene rings is 2. The van der Waals surface area contributed by atoms with E-state index in [0.717, 1.165) is 15.6 Å². The summed E-state index contributed by atoms with van der Waals surface area (Å²) in [7, 11) is 0. The summed E-state index contributed by atoms with van der Waals surface area (Å²) in [5.74, 6) is 1.03. The smallest absolute Gasteiger partial charge is 0.259 e. The first-order chi connectivity index (χ1) is 9.63. The lowest BCUT2D eigenvalue weighted by Crippen LogP contribution is -1.87. The molecule has 1 heterocycles. The molecule has 0 spiro atoms. The van der Waals surface area contributed by atoms with Gasteiger partial charge in [-0.3, -0.25) is 0 Å². The standard InChI is InChI=1S/C14H10BrN3O2/c15-12-6-3-9(16)7-11(12)14-17-13(18-20-14)8-1-4-10(19)5-2-8/h1-7,19H,16H2. The summed E-state index contributed by atoms with van der Waals surface area (Å²) < 4.78 is 6.09. The molecule has 0 saturated carbocycles. The number of nitrogens with two attached hydrogens (primary N) is 1. The van der Waals surface area contributed by atoms with Gasteiger partial charge < -0.3 is 15.4 Å². The Bertz CT molecular complexity index is 753. The van der Waals surface area contributed by atoms with Crippen molar-refractivity contribution in [3.05, 3.63) is 46.9 Å². The second-order valence-corrected chi connectivity index (χ2v) is 5.06. The van der Waals surface area contributed by atoms with Crippen LogP contribution in [0.25, 0.3) is 22.8 Å². The maximum absolute atomic E-state index is 9.27. The van der Waals surface area contributed by atoms with Gasteiger partial charge in [-0.1, -0.05) is 5.16 Å². The third kappa shape index (κ3) is 2.37. The van der Waals surface area contributed by atoms with Crippen LogP contribution in [0.5, 0.6) is 5.75 Å². The molecule has 0 saturated heterocycles. The lowest BCUT2D eigenvalue weighted by molar-refractivity contribution is 0.432. The van der Waals surface area contributed by atoms with Crippen molar-refractivity contribution in [2.24, 2.45) is 0 Å². The molecule has 3 aromatic rings. The van der Waals surface area contributed by atoms with E-state index in [1.165, 1.54) is 0 Å². The molecule has 0 radical (unpaired) electrons. The normalized spacial score (nSPS) is 10.7. The molecular weight excluding hydrogens is 322 g/mol. The zero-order valence-corrected chi connectivity index (χ0v) is 11.8. The van der Waals surface area contributed by atoms with Gasteiger partial charge in [0.05, 0.1) is 5.56 Å². The average molecular weight is 332 g/mol. The first-order valence-electron chi connectivity index (χ1n) is 5.82. The lowest BCUT2D eigenvalue weighted by Gasteiger charge is -1.99. The Morgan fingerprint density at radius 1 is 1.10 bits per heavy atom. The first kappa shape index (κ1) is 12.7. The second kappa shape index (κ2) is 4.97. The van der Waals surface area contributed by atoms with Gasteiger partial charge in [0.15, 0.2) is 0 Å². The average Bonchev–Trinajstić information content (AvgIpc) is 2.92. The van der Waals surface area contributed by atoms with Crippen LogP contribution in [-0.4, -0.2) is 15.2 Å². The molecule has 2 aromatic carbocycles. The van der Waals surface area contributed by atoms with Crippen molar-refractivity contribution in [2.45, 2.75) is 0 Å². The van der Waals surface area contributed by atoms with Crippen LogP contribution in [-0.2, 0) is 0 Å². The summed E-state index contributed by atoms with van der Waals surface area (Å²) in [5.41, 5.74) is 7.88. The zero-order chi connectivity index (χ0) is 14.1. The Kier molecular flexibility index (Phi) is 3.15. The van der Waals surface area contributed by atoms with Crippen LogP contribution in [0.2, 0.25) is 0 Å². The van der Waals surface area contributed by atoms with E-state index in [2.05, 4.69) is 26.1 Å². The summed E-state index contributed by atoms with van der Waals surface area (Å²) in [6, 6.07) is 12.0. The van der Waals surface area contributed by atoms with E-state index < -0.39 is 0 Å². The van der Waals surface area contributed by atoms with Gasteiger partial charge in [0.2, 0.25) is 5.82 Å². The Morgan fingerprint density at radius 3 is 2.60 bits per heavy atom. The molecule has 0 bridgehead atoms. The molecule has 100 valence electrons. The summed E-state index contributed by atoms with van der Waals surface area (Å²) in [6.45, 7) is 0. The molecule has 0 aliphatic carbocycles. The van der Waals surface area contributed by atoms with Crippen molar-refractivity contribution >= 4 is 21.6 Å². The van der Waals surface area contributed by atoms with Crippen LogP contribution < -0.4 is 5.73 Å². The highest BCUT2D eigenvalue weighted by Crippen LogP contribution is 2.30. The number of aromatic nitrogens is 2. The van der Waals surface area contributed by atoms with Gasteiger partial charge in [-0.15, -0.1) is 0 Å². The molecule has 5 nitrogen and oxygen atoms in total. The first-order valence-corrected chi connectivity index (χ1v) is 6.61. The molecule has 0 unspecified atom stereocenters. The minimum atomic E-state index is 0.191. The van der Waals surface area contributed by atoms with Gasteiger partial charge >= 0.3 is 0 Å². The molecule has 3 N–H and O–H groups in total. The van der Waals surface area contributed by atoms with Crippen LogP contribution in [0, 0.1) is 0 Å². The zero-order valence-electron chi connectivity index (χ0n) is 10.2. The largest absolute Gasteiger partial charge is 0.508 e. The molecule has 3 rings (SSSR count). The SMILES string of the molecule is Nc1ccc(Br)c(-c2nc(-c3ccc(O)cc3)no2)c1. The van der Waals surface area contributed by atoms with Gasteiger partial charge in [-0.2, -0.15) is 4.98 Å². The Labute approximate surface area is 123 Å². The fourth-order valence-corrected chi connectivity index (χ4v) is 2.18. The molecule has 1 aromatic heterocycles. The van der Waals surface area contributed by atoms with Gasteiger partial charge in [-0.05, 0) is 58.4 Å². The molecule has 20 heavy (non-hydrogen) atoms. The van der Waals surface area contributed by atoms with Gasteiger partial charge in [0, 0.05) is 15.7 Å². The summed E-state index contributed by atoms with van der Waals surface area (Å²) in [5, 5.41) is 13.2. The van der Waals surface area contributed by atoms with Crippen molar-refractivity contribution in [1.82, 2.24) is 10.1 Å². The monoisotopic (exact) mass is 331 g/mol. The Hall–Kier alpha value is -2.34. The van der Waals surface area contributed by atoms with Crippen LogP contribution in [0.3, 0.4) is 0 Å². The molecule has 0 aliphatic heterocycles. The molecule has 0 fully saturated rings. The third-order valence-electron chi connectivity index (χ3n) is 2.77. The van der Waals surface area contributed by atoms with E-state index in [0.29, 0.717) is 17.4 Å². The number of halogens is 1. The van der Waals surface area contributed by atoms with Gasteiger partial charge in [-0.25, -0.2) is 0 Å². The number of hydrogen-bond acceptors (Lipinski definition) is 5. The van der Waals surface area contributed by atoms with E-state index in [1.54, 1.807) is 36.4 Å². The van der Waals surface area contributed by atoms with Crippen molar-refractivity contribution in [1.29, 1.82) is 0 Å². The molecule has 0 atom stereocenters. The molecule has 0 aliphatic rings. The van der Waals surface area contributed by atoms with Crippen LogP contribution in [0.4, 0.5) is 5.69 Å². The minimum absolute atomic E-state index is 0.191. The summed E-state index contributed by atoms with van der Waals surface area (Å²) in [4.78, 5) is 4.34. The lowest BCUT2D eigenvalue weighted by atomic mass is 10.2. The number of nitrogens with zero attached hydrogens (tertiary/aromatic N) is 2. The number of phenolic OH excluding ortho intramolecular Hbond substituents is 1. The predicted octanol–water partition coefficient (Wildman–Crippen LogP) is 3.45. The fourth-order valence-electron chi connectivity index (χ4n) is 1.77. The Balaban J connectivity index is 2.01. The topological polar surface area (TPSA) is 85.2 Å². The van der Waals surface area contributed by atoms with Gasteiger partial charge in [0.25, 0.3) is 5.89 Å². The van der Waals surface area contributed by atoms with E-state index in [1.807, 2.05) is 6.07 Å². The summed E-state index contributed by atoms with van der Waals surface area (Å²) >= 11 is 3.43. The number of hydrogen-bond donors (Lipinski definition) is 2. The highest BCUT2D eigenvalue weighted by Gasteiger charge is 2.13. The number of anilines is 1. The highest BCUT2D eigenvalue weighted by atomic mass is 79.9. The molecular formula is C14H10BrN3O2. The van der Waals surface area contributed by atoms with E-state index >= 15 is 0 Å². The van der Waals surface area contributed by atoms with Crippen molar-refractivity contribution < 1.29 is 9.63 Å². The minimum Gasteiger partial charge on any atom is -0.508 e. The van der Waals surface area contributed by atoms with Crippen molar-refractivity contribution in [2.75, 3.05) is 5.73 Å². The maximum atomic E-state index is 9.27. The predicted molar refractivity (Wildman–Crippen MR) is 78.9 cm³/mol.